The first-order chi connectivity index (χ1) is 11.5. The van der Waals surface area contributed by atoms with Crippen LogP contribution in [0, 0.1) is 5.92 Å². The molecule has 1 amide bonds. The zero-order valence-electron chi connectivity index (χ0n) is 14.4. The summed E-state index contributed by atoms with van der Waals surface area (Å²) in [7, 11) is 0. The lowest BCUT2D eigenvalue weighted by Gasteiger charge is -2.45. The summed E-state index contributed by atoms with van der Waals surface area (Å²) in [6.07, 6.45) is 2.36. The maximum atomic E-state index is 12.5. The van der Waals surface area contributed by atoms with Crippen LogP contribution in [0.1, 0.15) is 37.1 Å². The van der Waals surface area contributed by atoms with Crippen molar-refractivity contribution in [2.75, 3.05) is 13.1 Å². The van der Waals surface area contributed by atoms with E-state index in [0.717, 1.165) is 25.9 Å². The molecule has 1 aliphatic heterocycles. The molecule has 1 aromatic carbocycles. The minimum atomic E-state index is 0.00325. The number of nitrogens with zero attached hydrogens (tertiary/aromatic N) is 1. The van der Waals surface area contributed by atoms with E-state index in [9.17, 15) is 9.90 Å². The van der Waals surface area contributed by atoms with Gasteiger partial charge in [-0.05, 0) is 53.3 Å². The molecule has 1 saturated heterocycles. The molecular weight excluding hydrogens is 318 g/mol. The smallest absolute Gasteiger partial charge is 0.222 e. The van der Waals surface area contributed by atoms with Gasteiger partial charge in [0.05, 0.1) is 0 Å². The molecule has 2 heterocycles. The molecule has 1 aromatic heterocycles. The summed E-state index contributed by atoms with van der Waals surface area (Å²) < 4.78 is 0. The Morgan fingerprint density at radius 3 is 2.88 bits per heavy atom. The van der Waals surface area contributed by atoms with Gasteiger partial charge >= 0.3 is 0 Å². The molecule has 3 rings (SSSR count). The van der Waals surface area contributed by atoms with Crippen molar-refractivity contribution in [1.29, 1.82) is 0 Å². The molecule has 1 fully saturated rings. The van der Waals surface area contributed by atoms with Gasteiger partial charge in [0, 0.05) is 24.4 Å². The van der Waals surface area contributed by atoms with Crippen molar-refractivity contribution in [3.8, 4) is 5.75 Å². The van der Waals surface area contributed by atoms with Crippen LogP contribution in [0.4, 0.5) is 0 Å². The number of thiophene rings is 1. The number of aryl methyl sites for hydroxylation is 1. The lowest BCUT2D eigenvalue weighted by atomic mass is 9.68. The number of hydrogen-bond donors (Lipinski definition) is 1. The van der Waals surface area contributed by atoms with E-state index in [2.05, 4.69) is 31.4 Å². The van der Waals surface area contributed by atoms with Gasteiger partial charge in [-0.3, -0.25) is 4.79 Å². The highest BCUT2D eigenvalue weighted by Gasteiger charge is 2.39. The fourth-order valence-corrected chi connectivity index (χ4v) is 4.31. The van der Waals surface area contributed by atoms with Crippen LogP contribution in [0.2, 0.25) is 0 Å². The predicted molar refractivity (Wildman–Crippen MR) is 98.5 cm³/mol. The first-order valence-electron chi connectivity index (χ1n) is 8.59. The van der Waals surface area contributed by atoms with E-state index in [-0.39, 0.29) is 11.3 Å². The minimum absolute atomic E-state index is 0.00325. The first-order valence-corrected chi connectivity index (χ1v) is 9.46. The molecule has 2 aromatic rings. The summed E-state index contributed by atoms with van der Waals surface area (Å²) in [6, 6.07) is 11.7. The quantitative estimate of drug-likeness (QED) is 0.903. The Morgan fingerprint density at radius 1 is 1.38 bits per heavy atom. The van der Waals surface area contributed by atoms with Crippen molar-refractivity contribution in [1.82, 2.24) is 4.90 Å². The average molecular weight is 343 g/mol. The normalized spacial score (nSPS) is 24.1. The van der Waals surface area contributed by atoms with Crippen LogP contribution in [0.5, 0.6) is 5.75 Å². The topological polar surface area (TPSA) is 40.5 Å². The van der Waals surface area contributed by atoms with Crippen molar-refractivity contribution in [2.24, 2.45) is 5.92 Å². The minimum Gasteiger partial charge on any atom is -0.508 e. The van der Waals surface area contributed by atoms with E-state index in [1.807, 2.05) is 23.1 Å². The highest BCUT2D eigenvalue weighted by molar-refractivity contribution is 7.09. The van der Waals surface area contributed by atoms with Crippen LogP contribution < -0.4 is 0 Å². The molecule has 0 spiro atoms. The van der Waals surface area contributed by atoms with Crippen molar-refractivity contribution in [3.63, 3.8) is 0 Å². The first kappa shape index (κ1) is 17.0. The van der Waals surface area contributed by atoms with E-state index >= 15 is 0 Å². The third-order valence-corrected chi connectivity index (χ3v) is 6.44. The van der Waals surface area contributed by atoms with Crippen LogP contribution >= 0.6 is 11.3 Å². The van der Waals surface area contributed by atoms with E-state index in [4.69, 9.17) is 0 Å². The number of carbonyl (C=O) groups is 1. The Labute approximate surface area is 147 Å². The number of amides is 1. The van der Waals surface area contributed by atoms with E-state index in [0.29, 0.717) is 18.1 Å². The Kier molecular flexibility index (Phi) is 4.95. The molecule has 4 heteroatoms. The van der Waals surface area contributed by atoms with Gasteiger partial charge in [-0.25, -0.2) is 0 Å². The van der Waals surface area contributed by atoms with Crippen molar-refractivity contribution >= 4 is 17.2 Å². The standard InChI is InChI=1S/C20H25NO2S/c1-15-14-21(19(23)9-8-18-7-4-12-24-18)11-10-20(15,2)16-5-3-6-17(22)13-16/h3-7,12-13,15,22H,8-11,14H2,1-2H3/t15-,20+/m1/s1. The second kappa shape index (κ2) is 6.98. The van der Waals surface area contributed by atoms with Crippen LogP contribution in [-0.4, -0.2) is 29.0 Å². The molecule has 128 valence electrons. The molecule has 0 radical (unpaired) electrons. The second-order valence-electron chi connectivity index (χ2n) is 7.04. The molecular formula is C20H25NO2S. The molecule has 2 atom stereocenters. The van der Waals surface area contributed by atoms with Crippen molar-refractivity contribution in [3.05, 3.63) is 52.2 Å². The Balaban J connectivity index is 1.63. The zero-order chi connectivity index (χ0) is 17.2. The third-order valence-electron chi connectivity index (χ3n) is 5.51. The predicted octanol–water partition coefficient (Wildman–Crippen LogP) is 4.21. The molecule has 3 nitrogen and oxygen atoms in total. The number of benzene rings is 1. The van der Waals surface area contributed by atoms with Gasteiger partial charge in [0.2, 0.25) is 5.91 Å². The van der Waals surface area contributed by atoms with Gasteiger partial charge < -0.3 is 10.0 Å². The number of rotatable bonds is 4. The molecule has 0 saturated carbocycles. The fourth-order valence-electron chi connectivity index (χ4n) is 3.60. The number of hydrogen-bond acceptors (Lipinski definition) is 3. The second-order valence-corrected chi connectivity index (χ2v) is 8.07. The number of piperidine rings is 1. The lowest BCUT2D eigenvalue weighted by Crippen LogP contribution is -2.49. The molecule has 1 aliphatic rings. The maximum absolute atomic E-state index is 12.5. The van der Waals surface area contributed by atoms with Gasteiger partial charge in [-0.15, -0.1) is 11.3 Å². The van der Waals surface area contributed by atoms with Crippen LogP contribution in [0.25, 0.3) is 0 Å². The monoisotopic (exact) mass is 343 g/mol. The van der Waals surface area contributed by atoms with Gasteiger partial charge in [0.25, 0.3) is 0 Å². The molecule has 24 heavy (non-hydrogen) atoms. The Hall–Kier alpha value is -1.81. The molecule has 1 N–H and O–H groups in total. The summed E-state index contributed by atoms with van der Waals surface area (Å²) in [5, 5.41) is 11.8. The van der Waals surface area contributed by atoms with Gasteiger partial charge in [0.15, 0.2) is 0 Å². The number of likely N-dealkylation sites (tertiary alicyclic amines) is 1. The highest BCUT2D eigenvalue weighted by Crippen LogP contribution is 2.40. The molecule has 0 aliphatic carbocycles. The molecule has 0 unspecified atom stereocenters. The fraction of sp³-hybridized carbons (Fsp3) is 0.450. The number of phenolic OH excluding ortho intramolecular Hbond substituents is 1. The number of phenols is 1. The largest absolute Gasteiger partial charge is 0.508 e. The van der Waals surface area contributed by atoms with Crippen molar-refractivity contribution in [2.45, 2.75) is 38.5 Å². The van der Waals surface area contributed by atoms with Crippen molar-refractivity contribution < 1.29 is 9.90 Å². The van der Waals surface area contributed by atoms with E-state index < -0.39 is 0 Å². The summed E-state index contributed by atoms with van der Waals surface area (Å²) in [4.78, 5) is 15.8. The maximum Gasteiger partial charge on any atom is 0.222 e. The summed E-state index contributed by atoms with van der Waals surface area (Å²) in [6.45, 7) is 6.04. The van der Waals surface area contributed by atoms with Gasteiger partial charge in [-0.2, -0.15) is 0 Å². The van der Waals surface area contributed by atoms with Gasteiger partial charge in [0.1, 0.15) is 5.75 Å². The van der Waals surface area contributed by atoms with E-state index in [1.54, 1.807) is 17.4 Å². The third kappa shape index (κ3) is 3.48. The van der Waals surface area contributed by atoms with Crippen LogP contribution in [-0.2, 0) is 16.6 Å². The van der Waals surface area contributed by atoms with Gasteiger partial charge in [-0.1, -0.05) is 32.0 Å². The highest BCUT2D eigenvalue weighted by atomic mass is 32.1. The summed E-state index contributed by atoms with van der Waals surface area (Å²) >= 11 is 1.72. The summed E-state index contributed by atoms with van der Waals surface area (Å²) in [5.74, 6) is 0.933. The molecule has 0 bridgehead atoms. The zero-order valence-corrected chi connectivity index (χ0v) is 15.2. The van der Waals surface area contributed by atoms with E-state index in [1.165, 1.54) is 10.4 Å². The summed E-state index contributed by atoms with van der Waals surface area (Å²) in [5.41, 5.74) is 1.17. The van der Waals surface area contributed by atoms with Crippen LogP contribution in [0.15, 0.2) is 41.8 Å². The lowest BCUT2D eigenvalue weighted by molar-refractivity contribution is -0.133. The number of aromatic hydroxyl groups is 1. The number of carbonyl (C=O) groups excluding carboxylic acids is 1. The Bertz CT molecular complexity index is 697. The Morgan fingerprint density at radius 2 is 2.21 bits per heavy atom. The van der Waals surface area contributed by atoms with Crippen LogP contribution in [0.3, 0.4) is 0 Å². The SMILES string of the molecule is C[C@@H]1CN(C(=O)CCc2cccs2)CC[C@]1(C)c1cccc(O)c1. The average Bonchev–Trinajstić information content (AvgIpc) is 3.08.